The van der Waals surface area contributed by atoms with E-state index in [1.807, 2.05) is 0 Å². The van der Waals surface area contributed by atoms with Gasteiger partial charge in [-0.3, -0.25) is 13.8 Å². The SMILES string of the molecule is CC/C=C\C/C=C\C/C=C\C/C=C\CCCCCCCCCCC(=O)OC(COCCCCCCCCCCCCCCCCC)COP(=O)(O)OC1C(O)C(O)C(O)C(O)C1O. The Morgan fingerprint density at radius 3 is 1.43 bits per heavy atom. The van der Waals surface area contributed by atoms with Crippen LogP contribution in [0, 0.1) is 0 Å². The summed E-state index contributed by atoms with van der Waals surface area (Å²) in [5.74, 6) is -0.484. The maximum Gasteiger partial charge on any atom is 0.472 e. The Bertz CT molecular complexity index is 1230. The average molecular weight is 915 g/mol. The van der Waals surface area contributed by atoms with Crippen molar-refractivity contribution in [1.82, 2.24) is 0 Å². The van der Waals surface area contributed by atoms with Gasteiger partial charge in [0.2, 0.25) is 0 Å². The Balaban J connectivity index is 2.35. The molecular formula is C50H91O12P. The van der Waals surface area contributed by atoms with Crippen molar-refractivity contribution in [2.75, 3.05) is 19.8 Å². The predicted molar refractivity (Wildman–Crippen MR) is 253 cm³/mol. The van der Waals surface area contributed by atoms with E-state index in [2.05, 4.69) is 62.5 Å². The Labute approximate surface area is 382 Å². The molecule has 0 aliphatic heterocycles. The summed E-state index contributed by atoms with van der Waals surface area (Å²) in [5.41, 5.74) is 0. The summed E-state index contributed by atoms with van der Waals surface area (Å²) in [7, 11) is -5.02. The van der Waals surface area contributed by atoms with E-state index in [0.29, 0.717) is 13.0 Å². The summed E-state index contributed by atoms with van der Waals surface area (Å²) in [5, 5.41) is 50.3. The lowest BCUT2D eigenvalue weighted by atomic mass is 9.85. The van der Waals surface area contributed by atoms with Gasteiger partial charge in [0.1, 0.15) is 42.7 Å². The highest BCUT2D eigenvalue weighted by molar-refractivity contribution is 7.47. The molecule has 0 spiro atoms. The lowest BCUT2D eigenvalue weighted by Crippen LogP contribution is -2.64. The van der Waals surface area contributed by atoms with Crippen LogP contribution in [0.5, 0.6) is 0 Å². The van der Waals surface area contributed by atoms with Crippen LogP contribution < -0.4 is 0 Å². The van der Waals surface area contributed by atoms with E-state index in [1.165, 1.54) is 96.3 Å². The minimum Gasteiger partial charge on any atom is -0.457 e. The molecular weight excluding hydrogens is 824 g/mol. The number of esters is 1. The molecule has 368 valence electrons. The molecule has 1 rings (SSSR count). The van der Waals surface area contributed by atoms with Crippen molar-refractivity contribution >= 4 is 13.8 Å². The van der Waals surface area contributed by atoms with Gasteiger partial charge in [0.05, 0.1) is 13.2 Å². The summed E-state index contributed by atoms with van der Waals surface area (Å²) in [6, 6.07) is 0. The molecule has 0 saturated heterocycles. The third-order valence-corrected chi connectivity index (χ3v) is 12.5. The number of phosphoric ester groups is 1. The second-order valence-corrected chi connectivity index (χ2v) is 18.7. The molecule has 6 N–H and O–H groups in total. The number of unbranched alkanes of at least 4 members (excludes halogenated alkanes) is 22. The zero-order valence-electron chi connectivity index (χ0n) is 39.4. The van der Waals surface area contributed by atoms with Crippen LogP contribution in [0.4, 0.5) is 0 Å². The van der Waals surface area contributed by atoms with Crippen molar-refractivity contribution in [2.45, 2.75) is 243 Å². The molecule has 0 aromatic carbocycles. The Kier molecular flexibility index (Phi) is 38.2. The number of carbonyl (C=O) groups is 1. The van der Waals surface area contributed by atoms with Crippen molar-refractivity contribution in [2.24, 2.45) is 0 Å². The van der Waals surface area contributed by atoms with Gasteiger partial charge in [-0.1, -0.05) is 191 Å². The number of carbonyl (C=O) groups excluding carboxylic acids is 1. The van der Waals surface area contributed by atoms with Crippen molar-refractivity contribution in [3.8, 4) is 0 Å². The summed E-state index contributed by atoms with van der Waals surface area (Å²) >= 11 is 0. The second kappa shape index (κ2) is 40.6. The highest BCUT2D eigenvalue weighted by atomic mass is 31.2. The van der Waals surface area contributed by atoms with Crippen LogP contribution in [0.25, 0.3) is 0 Å². The van der Waals surface area contributed by atoms with E-state index >= 15 is 0 Å². The third kappa shape index (κ3) is 32.6. The van der Waals surface area contributed by atoms with Gasteiger partial charge in [0, 0.05) is 13.0 Å². The Morgan fingerprint density at radius 1 is 0.524 bits per heavy atom. The maximum atomic E-state index is 12.8. The van der Waals surface area contributed by atoms with E-state index in [-0.39, 0.29) is 13.0 Å². The van der Waals surface area contributed by atoms with Crippen LogP contribution in [0.1, 0.15) is 200 Å². The van der Waals surface area contributed by atoms with E-state index < -0.39 is 63.1 Å². The van der Waals surface area contributed by atoms with Crippen LogP contribution in [-0.2, 0) is 27.9 Å². The summed E-state index contributed by atoms with van der Waals surface area (Å²) in [4.78, 5) is 23.2. The van der Waals surface area contributed by atoms with E-state index in [9.17, 15) is 39.8 Å². The zero-order valence-corrected chi connectivity index (χ0v) is 40.3. The smallest absolute Gasteiger partial charge is 0.457 e. The van der Waals surface area contributed by atoms with Crippen LogP contribution in [0.15, 0.2) is 48.6 Å². The molecule has 1 aliphatic rings. The number of allylic oxidation sites excluding steroid dienone is 8. The van der Waals surface area contributed by atoms with Gasteiger partial charge in [0.15, 0.2) is 0 Å². The quantitative estimate of drug-likeness (QED) is 0.0147. The number of ether oxygens (including phenoxy) is 2. The monoisotopic (exact) mass is 915 g/mol. The highest BCUT2D eigenvalue weighted by Gasteiger charge is 2.51. The van der Waals surface area contributed by atoms with E-state index in [1.54, 1.807) is 0 Å². The van der Waals surface area contributed by atoms with Crippen LogP contribution in [-0.4, -0.2) is 98.9 Å². The van der Waals surface area contributed by atoms with Crippen LogP contribution in [0.2, 0.25) is 0 Å². The molecule has 6 atom stereocenters. The highest BCUT2D eigenvalue weighted by Crippen LogP contribution is 2.47. The number of aliphatic hydroxyl groups excluding tert-OH is 5. The van der Waals surface area contributed by atoms with Gasteiger partial charge in [-0.05, 0) is 51.4 Å². The first-order valence-electron chi connectivity index (χ1n) is 25.0. The standard InChI is InChI=1S/C50H91O12P/c1-3-5-7-9-11-13-15-17-19-20-21-22-23-24-25-27-29-31-33-35-37-39-44(51)61-43(42-60-63(57,58)62-50-48(55)46(53)45(52)47(54)49(50)56)41-59-40-38-36-34-32-30-28-26-18-16-14-12-10-8-6-4-2/h5,7,11,13,17,19,21-22,43,45-50,52-56H,3-4,6,8-10,12,14-16,18,20,23-42H2,1-2H3,(H,57,58)/b7-5-,13-11-,19-17-,22-21-. The minimum absolute atomic E-state index is 0.0784. The first-order valence-corrected chi connectivity index (χ1v) is 26.5. The predicted octanol–water partition coefficient (Wildman–Crippen LogP) is 10.8. The van der Waals surface area contributed by atoms with Gasteiger partial charge in [-0.25, -0.2) is 4.57 Å². The summed E-state index contributed by atoms with van der Waals surface area (Å²) in [6.07, 6.45) is 37.4. The molecule has 12 nitrogen and oxygen atoms in total. The molecule has 6 unspecified atom stereocenters. The van der Waals surface area contributed by atoms with Gasteiger partial charge in [0.25, 0.3) is 0 Å². The van der Waals surface area contributed by atoms with Crippen molar-refractivity contribution in [3.63, 3.8) is 0 Å². The first kappa shape index (κ1) is 59.3. The zero-order chi connectivity index (χ0) is 46.2. The lowest BCUT2D eigenvalue weighted by Gasteiger charge is -2.41. The second-order valence-electron chi connectivity index (χ2n) is 17.3. The summed E-state index contributed by atoms with van der Waals surface area (Å²) < 4.78 is 34.3. The molecule has 1 fully saturated rings. The number of rotatable bonds is 42. The molecule has 0 aromatic rings. The molecule has 0 radical (unpaired) electrons. The van der Waals surface area contributed by atoms with Crippen LogP contribution >= 0.6 is 7.82 Å². The topological polar surface area (TPSA) is 192 Å². The molecule has 0 amide bonds. The minimum atomic E-state index is -5.02. The van der Waals surface area contributed by atoms with Gasteiger partial charge in [-0.15, -0.1) is 0 Å². The van der Waals surface area contributed by atoms with Crippen LogP contribution in [0.3, 0.4) is 0 Å². The van der Waals surface area contributed by atoms with Crippen molar-refractivity contribution in [3.05, 3.63) is 48.6 Å². The van der Waals surface area contributed by atoms with Gasteiger partial charge in [-0.2, -0.15) is 0 Å². The fourth-order valence-corrected chi connectivity index (χ4v) is 8.50. The first-order chi connectivity index (χ1) is 30.5. The van der Waals surface area contributed by atoms with Crippen molar-refractivity contribution in [1.29, 1.82) is 0 Å². The Morgan fingerprint density at radius 2 is 0.937 bits per heavy atom. The Hall–Kier alpha value is -1.70. The maximum absolute atomic E-state index is 12.8. The largest absolute Gasteiger partial charge is 0.472 e. The molecule has 1 saturated carbocycles. The number of hydrogen-bond donors (Lipinski definition) is 6. The van der Waals surface area contributed by atoms with Gasteiger partial charge >= 0.3 is 13.8 Å². The normalized spacial score (nSPS) is 22.2. The van der Waals surface area contributed by atoms with E-state index in [0.717, 1.165) is 77.0 Å². The van der Waals surface area contributed by atoms with E-state index in [4.69, 9.17) is 18.5 Å². The molecule has 13 heteroatoms. The fourth-order valence-electron chi connectivity index (χ4n) is 7.52. The molecule has 0 heterocycles. The lowest BCUT2D eigenvalue weighted by molar-refractivity contribution is -0.220. The van der Waals surface area contributed by atoms with Crippen molar-refractivity contribution < 1.29 is 58.3 Å². The fraction of sp³-hybridized carbons (Fsp3) is 0.820. The third-order valence-electron chi connectivity index (χ3n) is 11.5. The van der Waals surface area contributed by atoms with Gasteiger partial charge < -0.3 is 39.9 Å². The number of hydrogen-bond acceptors (Lipinski definition) is 11. The molecule has 1 aliphatic carbocycles. The summed E-state index contributed by atoms with van der Waals surface area (Å²) in [6.45, 7) is 4.16. The number of aliphatic hydroxyl groups is 5. The molecule has 0 bridgehead atoms. The average Bonchev–Trinajstić information content (AvgIpc) is 3.27. The molecule has 0 aromatic heterocycles. The molecule has 63 heavy (non-hydrogen) atoms. The number of phosphoric acid groups is 1.